The molecule has 124 valence electrons. The van der Waals surface area contributed by atoms with Gasteiger partial charge < -0.3 is 21.3 Å². The van der Waals surface area contributed by atoms with Crippen LogP contribution < -0.4 is 16.4 Å². The molecule has 0 fully saturated rings. The molecule has 1 unspecified atom stereocenters. The maximum absolute atomic E-state index is 5.90. The zero-order valence-electron chi connectivity index (χ0n) is 13.7. The summed E-state index contributed by atoms with van der Waals surface area (Å²) in [6.07, 6.45) is 1.84. The summed E-state index contributed by atoms with van der Waals surface area (Å²) in [5.41, 5.74) is 8.18. The van der Waals surface area contributed by atoms with Gasteiger partial charge in [0.25, 0.3) is 0 Å². The molecule has 1 aliphatic heterocycles. The number of anilines is 2. The van der Waals surface area contributed by atoms with Gasteiger partial charge in [0.15, 0.2) is 0 Å². The van der Waals surface area contributed by atoms with Gasteiger partial charge in [-0.3, -0.25) is 0 Å². The van der Waals surface area contributed by atoms with Gasteiger partial charge in [-0.15, -0.1) is 11.3 Å². The van der Waals surface area contributed by atoms with Crippen LogP contribution in [-0.4, -0.2) is 48.6 Å². The van der Waals surface area contributed by atoms with Crippen LogP contribution >= 0.6 is 11.3 Å². The van der Waals surface area contributed by atoms with Crippen molar-refractivity contribution in [1.29, 1.82) is 0 Å². The van der Waals surface area contributed by atoms with E-state index >= 15 is 0 Å². The third-order valence-electron chi connectivity index (χ3n) is 4.16. The lowest BCUT2D eigenvalue weighted by Gasteiger charge is -2.24. The Labute approximate surface area is 141 Å². The van der Waals surface area contributed by atoms with E-state index in [9.17, 15) is 0 Å². The molecule has 0 saturated carbocycles. The number of hydrogen-bond donors (Lipinski definition) is 3. The van der Waals surface area contributed by atoms with Crippen LogP contribution in [-0.2, 0) is 12.8 Å². The number of likely N-dealkylation sites (N-methyl/N-ethyl adjacent to an activating group) is 1. The Balaban J connectivity index is 1.81. The lowest BCUT2D eigenvalue weighted by molar-refractivity contribution is 0.316. The molecule has 23 heavy (non-hydrogen) atoms. The van der Waals surface area contributed by atoms with Crippen molar-refractivity contribution in [1.82, 2.24) is 20.2 Å². The van der Waals surface area contributed by atoms with Gasteiger partial charge in [0.2, 0.25) is 5.95 Å². The first kappa shape index (κ1) is 16.2. The van der Waals surface area contributed by atoms with Crippen LogP contribution in [0.25, 0.3) is 0 Å². The van der Waals surface area contributed by atoms with Crippen LogP contribution in [0.4, 0.5) is 11.8 Å². The Hall–Kier alpha value is -1.70. The summed E-state index contributed by atoms with van der Waals surface area (Å²) in [6.45, 7) is 2.69. The van der Waals surface area contributed by atoms with E-state index < -0.39 is 0 Å². The fourth-order valence-electron chi connectivity index (χ4n) is 2.92. The van der Waals surface area contributed by atoms with Crippen molar-refractivity contribution in [3.8, 4) is 0 Å². The summed E-state index contributed by atoms with van der Waals surface area (Å²) < 4.78 is 0. The second kappa shape index (κ2) is 7.25. The summed E-state index contributed by atoms with van der Waals surface area (Å²) in [5, 5.41) is 9.04. The third kappa shape index (κ3) is 3.80. The SMILES string of the molecule is CN(C)C(CNc1nc(N)nc2c1CCNCC2)c1cccs1. The molecule has 2 aromatic rings. The normalized spacial score (nSPS) is 16.0. The zero-order chi connectivity index (χ0) is 16.2. The minimum Gasteiger partial charge on any atom is -0.368 e. The molecule has 7 heteroatoms. The van der Waals surface area contributed by atoms with Gasteiger partial charge in [0, 0.05) is 30.0 Å². The first-order valence-corrected chi connectivity index (χ1v) is 8.83. The molecule has 0 aromatic carbocycles. The minimum absolute atomic E-state index is 0.311. The topological polar surface area (TPSA) is 79.1 Å². The highest BCUT2D eigenvalue weighted by Crippen LogP contribution is 2.25. The molecule has 0 radical (unpaired) electrons. The molecule has 1 atom stereocenters. The predicted octanol–water partition coefficient (Wildman–Crippen LogP) is 1.52. The summed E-state index contributed by atoms with van der Waals surface area (Å²) in [4.78, 5) is 12.4. The van der Waals surface area contributed by atoms with Gasteiger partial charge in [0.1, 0.15) is 5.82 Å². The Morgan fingerprint density at radius 3 is 2.91 bits per heavy atom. The molecular weight excluding hydrogens is 308 g/mol. The van der Waals surface area contributed by atoms with Gasteiger partial charge in [-0.2, -0.15) is 4.98 Å². The fourth-order valence-corrected chi connectivity index (χ4v) is 3.84. The largest absolute Gasteiger partial charge is 0.368 e. The van der Waals surface area contributed by atoms with Crippen LogP contribution in [0.3, 0.4) is 0 Å². The van der Waals surface area contributed by atoms with Crippen molar-refractivity contribution >= 4 is 23.1 Å². The Morgan fingerprint density at radius 1 is 1.35 bits per heavy atom. The second-order valence-electron chi connectivity index (χ2n) is 5.98. The Bertz CT molecular complexity index is 640. The molecule has 1 aliphatic rings. The van der Waals surface area contributed by atoms with E-state index in [-0.39, 0.29) is 0 Å². The number of rotatable bonds is 5. The van der Waals surface area contributed by atoms with E-state index in [2.05, 4.69) is 57.1 Å². The number of fused-ring (bicyclic) bond motifs is 1. The van der Waals surface area contributed by atoms with E-state index in [1.54, 1.807) is 11.3 Å². The zero-order valence-corrected chi connectivity index (χ0v) is 14.5. The van der Waals surface area contributed by atoms with E-state index in [0.717, 1.165) is 44.0 Å². The summed E-state index contributed by atoms with van der Waals surface area (Å²) in [5.74, 6) is 1.24. The van der Waals surface area contributed by atoms with Crippen molar-refractivity contribution in [2.24, 2.45) is 0 Å². The number of nitrogens with zero attached hydrogens (tertiary/aromatic N) is 3. The molecule has 6 nitrogen and oxygen atoms in total. The standard InChI is InChI=1S/C16H24N6S/c1-22(2)13(14-4-3-9-23-14)10-19-15-11-5-7-18-8-6-12(11)20-16(17)21-15/h3-4,9,13,18H,5-8,10H2,1-2H3,(H3,17,19,20,21). The third-order valence-corrected chi connectivity index (χ3v) is 5.13. The highest BCUT2D eigenvalue weighted by molar-refractivity contribution is 7.10. The maximum Gasteiger partial charge on any atom is 0.222 e. The van der Waals surface area contributed by atoms with Crippen molar-refractivity contribution in [2.75, 3.05) is 44.8 Å². The lowest BCUT2D eigenvalue weighted by atomic mass is 10.1. The average Bonchev–Trinajstić information content (AvgIpc) is 2.92. The van der Waals surface area contributed by atoms with Crippen LogP contribution in [0.15, 0.2) is 17.5 Å². The summed E-state index contributed by atoms with van der Waals surface area (Å²) >= 11 is 1.78. The van der Waals surface area contributed by atoms with Crippen LogP contribution in [0, 0.1) is 0 Å². The number of thiophene rings is 1. The van der Waals surface area contributed by atoms with E-state index in [1.165, 1.54) is 10.4 Å². The van der Waals surface area contributed by atoms with Crippen LogP contribution in [0.2, 0.25) is 0 Å². The monoisotopic (exact) mass is 332 g/mol. The molecule has 4 N–H and O–H groups in total. The van der Waals surface area contributed by atoms with Crippen molar-refractivity contribution in [3.63, 3.8) is 0 Å². The average molecular weight is 332 g/mol. The number of nitrogens with one attached hydrogen (secondary N) is 2. The quantitative estimate of drug-likeness (QED) is 0.770. The molecular formula is C16H24N6S. The highest BCUT2D eigenvalue weighted by Gasteiger charge is 2.19. The smallest absolute Gasteiger partial charge is 0.222 e. The highest BCUT2D eigenvalue weighted by atomic mass is 32.1. The molecule has 3 rings (SSSR count). The van der Waals surface area contributed by atoms with Crippen LogP contribution in [0.5, 0.6) is 0 Å². The van der Waals surface area contributed by atoms with Gasteiger partial charge in [-0.25, -0.2) is 4.98 Å². The fraction of sp³-hybridized carbons (Fsp3) is 0.500. The van der Waals surface area contributed by atoms with Crippen molar-refractivity contribution < 1.29 is 0 Å². The molecule has 0 saturated heterocycles. The number of nitrogens with two attached hydrogens (primary N) is 1. The predicted molar refractivity (Wildman–Crippen MR) is 96.0 cm³/mol. The summed E-state index contributed by atoms with van der Waals surface area (Å²) in [6, 6.07) is 4.58. The molecule has 2 aromatic heterocycles. The lowest BCUT2D eigenvalue weighted by Crippen LogP contribution is -2.27. The van der Waals surface area contributed by atoms with Gasteiger partial charge in [-0.1, -0.05) is 6.07 Å². The van der Waals surface area contributed by atoms with Gasteiger partial charge in [-0.05, 0) is 38.5 Å². The van der Waals surface area contributed by atoms with Gasteiger partial charge >= 0.3 is 0 Å². The minimum atomic E-state index is 0.311. The van der Waals surface area contributed by atoms with Gasteiger partial charge in [0.05, 0.1) is 11.7 Å². The van der Waals surface area contributed by atoms with Crippen molar-refractivity contribution in [2.45, 2.75) is 18.9 Å². The molecule has 0 spiro atoms. The summed E-state index contributed by atoms with van der Waals surface area (Å²) in [7, 11) is 4.20. The maximum atomic E-state index is 5.90. The second-order valence-corrected chi connectivity index (χ2v) is 6.96. The van der Waals surface area contributed by atoms with Crippen molar-refractivity contribution in [3.05, 3.63) is 33.6 Å². The van der Waals surface area contributed by atoms with E-state index in [0.29, 0.717) is 12.0 Å². The first-order valence-electron chi connectivity index (χ1n) is 7.95. The number of hydrogen-bond acceptors (Lipinski definition) is 7. The number of nitrogen functional groups attached to an aromatic ring is 1. The number of aromatic nitrogens is 2. The van der Waals surface area contributed by atoms with E-state index in [1.807, 2.05) is 0 Å². The van der Waals surface area contributed by atoms with E-state index in [4.69, 9.17) is 5.73 Å². The first-order chi connectivity index (χ1) is 11.1. The molecule has 3 heterocycles. The van der Waals surface area contributed by atoms with Crippen LogP contribution in [0.1, 0.15) is 22.2 Å². The Kier molecular flexibility index (Phi) is 5.09. The Morgan fingerprint density at radius 2 is 2.17 bits per heavy atom. The molecule has 0 bridgehead atoms. The molecule has 0 aliphatic carbocycles. The molecule has 0 amide bonds.